The molecule has 0 aliphatic carbocycles. The average Bonchev–Trinajstić information content (AvgIpc) is 2.93. The van der Waals surface area contributed by atoms with Gasteiger partial charge in [0.25, 0.3) is 0 Å². The smallest absolute Gasteiger partial charge is 0.0340 e. The van der Waals surface area contributed by atoms with Crippen molar-refractivity contribution in [2.45, 2.75) is 32.7 Å². The van der Waals surface area contributed by atoms with E-state index >= 15 is 0 Å². The molecule has 0 amide bonds. The lowest BCUT2D eigenvalue weighted by molar-refractivity contribution is 0.331. The third-order valence-corrected chi connectivity index (χ3v) is 4.54. The summed E-state index contributed by atoms with van der Waals surface area (Å²) in [6.07, 6.45) is 3.98. The Morgan fingerprint density at radius 3 is 2.58 bits per heavy atom. The standard InChI is InChI=1S/C16H26N2S/c1-2-19-13-5-10-17-16-8-6-15(7-9-16)14-18-11-3-4-12-18/h6-9,17H,2-5,10-14H2,1H3. The van der Waals surface area contributed by atoms with Crippen molar-refractivity contribution in [1.82, 2.24) is 4.90 Å². The summed E-state index contributed by atoms with van der Waals surface area (Å²) in [6, 6.07) is 8.97. The molecule has 106 valence electrons. The lowest BCUT2D eigenvalue weighted by Gasteiger charge is -2.15. The van der Waals surface area contributed by atoms with Crippen molar-refractivity contribution >= 4 is 17.4 Å². The summed E-state index contributed by atoms with van der Waals surface area (Å²) in [6.45, 7) is 6.97. The summed E-state index contributed by atoms with van der Waals surface area (Å²) in [4.78, 5) is 2.55. The third kappa shape index (κ3) is 5.45. The number of nitrogens with one attached hydrogen (secondary N) is 1. The number of thioether (sulfide) groups is 1. The predicted molar refractivity (Wildman–Crippen MR) is 87.1 cm³/mol. The second-order valence-corrected chi connectivity index (χ2v) is 6.55. The van der Waals surface area contributed by atoms with Gasteiger partial charge in [-0.2, -0.15) is 11.8 Å². The van der Waals surface area contributed by atoms with Crippen molar-refractivity contribution in [3.8, 4) is 0 Å². The van der Waals surface area contributed by atoms with Gasteiger partial charge >= 0.3 is 0 Å². The van der Waals surface area contributed by atoms with Crippen molar-refractivity contribution in [2.24, 2.45) is 0 Å². The zero-order valence-corrected chi connectivity index (χ0v) is 12.8. The van der Waals surface area contributed by atoms with Crippen LogP contribution in [-0.2, 0) is 6.54 Å². The second kappa shape index (κ2) is 8.49. The first-order valence-corrected chi connectivity index (χ1v) is 8.67. The molecule has 0 aromatic heterocycles. The molecule has 0 saturated carbocycles. The van der Waals surface area contributed by atoms with E-state index in [0.717, 1.165) is 13.1 Å². The molecule has 1 fully saturated rings. The van der Waals surface area contributed by atoms with Crippen LogP contribution in [0, 0.1) is 0 Å². The van der Waals surface area contributed by atoms with Gasteiger partial charge in [0.05, 0.1) is 0 Å². The van der Waals surface area contributed by atoms with E-state index in [9.17, 15) is 0 Å². The minimum Gasteiger partial charge on any atom is -0.385 e. The third-order valence-electron chi connectivity index (χ3n) is 3.56. The molecule has 3 heteroatoms. The summed E-state index contributed by atoms with van der Waals surface area (Å²) >= 11 is 2.02. The zero-order valence-electron chi connectivity index (χ0n) is 12.0. The molecule has 19 heavy (non-hydrogen) atoms. The van der Waals surface area contributed by atoms with E-state index in [0.29, 0.717) is 0 Å². The van der Waals surface area contributed by atoms with Gasteiger partial charge in [-0.15, -0.1) is 0 Å². The zero-order chi connectivity index (χ0) is 13.3. The van der Waals surface area contributed by atoms with Gasteiger partial charge in [0.2, 0.25) is 0 Å². The van der Waals surface area contributed by atoms with Crippen molar-refractivity contribution in [3.63, 3.8) is 0 Å². The summed E-state index contributed by atoms with van der Waals surface area (Å²) in [5.74, 6) is 2.49. The van der Waals surface area contributed by atoms with Crippen LogP contribution in [0.4, 0.5) is 5.69 Å². The molecule has 1 heterocycles. The first kappa shape index (κ1) is 14.7. The maximum Gasteiger partial charge on any atom is 0.0340 e. The topological polar surface area (TPSA) is 15.3 Å². The number of likely N-dealkylation sites (tertiary alicyclic amines) is 1. The lowest BCUT2D eigenvalue weighted by atomic mass is 10.2. The van der Waals surface area contributed by atoms with E-state index in [1.54, 1.807) is 0 Å². The second-order valence-electron chi connectivity index (χ2n) is 5.16. The van der Waals surface area contributed by atoms with Gasteiger partial charge in [0.15, 0.2) is 0 Å². The number of benzene rings is 1. The molecule has 0 unspecified atom stereocenters. The Labute approximate surface area is 122 Å². The highest BCUT2D eigenvalue weighted by Crippen LogP contribution is 2.15. The molecule has 1 aliphatic rings. The molecule has 2 rings (SSSR count). The maximum atomic E-state index is 3.50. The van der Waals surface area contributed by atoms with E-state index in [1.165, 1.54) is 55.1 Å². The fraction of sp³-hybridized carbons (Fsp3) is 0.625. The molecular formula is C16H26N2S. The number of nitrogens with zero attached hydrogens (tertiary/aromatic N) is 1. The molecule has 0 spiro atoms. The molecule has 2 nitrogen and oxygen atoms in total. The highest BCUT2D eigenvalue weighted by Gasteiger charge is 2.11. The molecule has 0 atom stereocenters. The van der Waals surface area contributed by atoms with Gasteiger partial charge < -0.3 is 5.32 Å². The Balaban J connectivity index is 1.68. The summed E-state index contributed by atoms with van der Waals surface area (Å²) in [5, 5.41) is 3.50. The number of rotatable bonds is 8. The quantitative estimate of drug-likeness (QED) is 0.727. The molecule has 1 aliphatic heterocycles. The Bertz CT molecular complexity index is 344. The molecule has 0 bridgehead atoms. The Morgan fingerprint density at radius 2 is 1.89 bits per heavy atom. The molecule has 0 radical (unpaired) electrons. The van der Waals surface area contributed by atoms with Crippen molar-refractivity contribution in [1.29, 1.82) is 0 Å². The summed E-state index contributed by atoms with van der Waals surface area (Å²) in [7, 11) is 0. The van der Waals surface area contributed by atoms with Crippen LogP contribution in [0.15, 0.2) is 24.3 Å². The van der Waals surface area contributed by atoms with Crippen LogP contribution in [0.5, 0.6) is 0 Å². The number of anilines is 1. The van der Waals surface area contributed by atoms with Crippen LogP contribution in [0.1, 0.15) is 31.7 Å². The van der Waals surface area contributed by atoms with E-state index in [4.69, 9.17) is 0 Å². The SMILES string of the molecule is CCSCCCNc1ccc(CN2CCCC2)cc1. The first-order valence-electron chi connectivity index (χ1n) is 7.51. The Hall–Kier alpha value is -0.670. The van der Waals surface area contributed by atoms with Gasteiger partial charge in [0.1, 0.15) is 0 Å². The number of hydrogen-bond acceptors (Lipinski definition) is 3. The minimum atomic E-state index is 1.08. The van der Waals surface area contributed by atoms with Crippen molar-refractivity contribution in [3.05, 3.63) is 29.8 Å². The maximum absolute atomic E-state index is 3.50. The summed E-state index contributed by atoms with van der Waals surface area (Å²) < 4.78 is 0. The van der Waals surface area contributed by atoms with Crippen LogP contribution in [0.3, 0.4) is 0 Å². The highest BCUT2D eigenvalue weighted by molar-refractivity contribution is 7.99. The van der Waals surface area contributed by atoms with Crippen LogP contribution in [0.2, 0.25) is 0 Å². The lowest BCUT2D eigenvalue weighted by Crippen LogP contribution is -2.18. The first-order chi connectivity index (χ1) is 9.38. The van der Waals surface area contributed by atoms with Crippen molar-refractivity contribution < 1.29 is 0 Å². The fourth-order valence-corrected chi connectivity index (χ4v) is 3.12. The Morgan fingerprint density at radius 1 is 1.16 bits per heavy atom. The van der Waals surface area contributed by atoms with Crippen molar-refractivity contribution in [2.75, 3.05) is 36.5 Å². The molecule has 1 aromatic rings. The van der Waals surface area contributed by atoms with Gasteiger partial charge in [-0.25, -0.2) is 0 Å². The van der Waals surface area contributed by atoms with Crippen LogP contribution < -0.4 is 5.32 Å². The minimum absolute atomic E-state index is 1.08. The largest absolute Gasteiger partial charge is 0.385 e. The van der Waals surface area contributed by atoms with Gasteiger partial charge in [0, 0.05) is 18.8 Å². The summed E-state index contributed by atoms with van der Waals surface area (Å²) in [5.41, 5.74) is 2.70. The number of hydrogen-bond donors (Lipinski definition) is 1. The molecular weight excluding hydrogens is 252 g/mol. The fourth-order valence-electron chi connectivity index (χ4n) is 2.48. The van der Waals surface area contributed by atoms with Gasteiger partial charge in [-0.3, -0.25) is 4.90 Å². The normalized spacial score (nSPS) is 15.8. The van der Waals surface area contributed by atoms with E-state index < -0.39 is 0 Å². The predicted octanol–water partition coefficient (Wildman–Crippen LogP) is 3.84. The molecule has 1 N–H and O–H groups in total. The Kier molecular flexibility index (Phi) is 6.58. The van der Waals surface area contributed by atoms with E-state index in [1.807, 2.05) is 11.8 Å². The van der Waals surface area contributed by atoms with Gasteiger partial charge in [-0.05, 0) is 61.6 Å². The average molecular weight is 278 g/mol. The van der Waals surface area contributed by atoms with Crippen LogP contribution in [-0.4, -0.2) is 36.0 Å². The van der Waals surface area contributed by atoms with E-state index in [2.05, 4.69) is 41.4 Å². The van der Waals surface area contributed by atoms with Crippen LogP contribution in [0.25, 0.3) is 0 Å². The van der Waals surface area contributed by atoms with E-state index in [-0.39, 0.29) is 0 Å². The van der Waals surface area contributed by atoms with Gasteiger partial charge in [-0.1, -0.05) is 19.1 Å². The highest BCUT2D eigenvalue weighted by atomic mass is 32.2. The monoisotopic (exact) mass is 278 g/mol. The molecule has 1 aromatic carbocycles. The van der Waals surface area contributed by atoms with Crippen LogP contribution >= 0.6 is 11.8 Å². The molecule has 1 saturated heterocycles.